The van der Waals surface area contributed by atoms with Crippen LogP contribution in [0.3, 0.4) is 0 Å². The molecule has 0 unspecified atom stereocenters. The average Bonchev–Trinajstić information content (AvgIpc) is 2.84. The summed E-state index contributed by atoms with van der Waals surface area (Å²) in [5.41, 5.74) is 1.38. The first kappa shape index (κ1) is 26.0. The molecular formula is C27H28NO6S. The van der Waals surface area contributed by atoms with Crippen LogP contribution < -0.4 is 9.46 Å². The lowest BCUT2D eigenvalue weighted by atomic mass is 10.1. The summed E-state index contributed by atoms with van der Waals surface area (Å²) < 4.78 is 39.1. The van der Waals surface area contributed by atoms with Crippen LogP contribution in [0.2, 0.25) is 0 Å². The second-order valence-electron chi connectivity index (χ2n) is 8.01. The highest BCUT2D eigenvalue weighted by atomic mass is 32.2. The van der Waals surface area contributed by atoms with Crippen molar-refractivity contribution in [2.45, 2.75) is 51.0 Å². The number of benzene rings is 3. The summed E-state index contributed by atoms with van der Waals surface area (Å²) in [6.45, 7) is 3.77. The zero-order chi connectivity index (χ0) is 25.3. The van der Waals surface area contributed by atoms with Crippen molar-refractivity contribution >= 4 is 27.6 Å². The molecule has 0 aliphatic carbocycles. The van der Waals surface area contributed by atoms with Gasteiger partial charge in [-0.1, -0.05) is 56.2 Å². The second kappa shape index (κ2) is 12.2. The number of anilines is 1. The molecule has 1 radical (unpaired) electrons. The van der Waals surface area contributed by atoms with Gasteiger partial charge in [0.05, 0.1) is 16.1 Å². The van der Waals surface area contributed by atoms with E-state index >= 15 is 0 Å². The predicted molar refractivity (Wildman–Crippen MR) is 133 cm³/mol. The van der Waals surface area contributed by atoms with Crippen molar-refractivity contribution in [3.8, 4) is 5.75 Å². The van der Waals surface area contributed by atoms with E-state index in [9.17, 15) is 18.0 Å². The number of carbonyl (C=O) groups is 2. The maximum atomic E-state index is 13.0. The summed E-state index contributed by atoms with van der Waals surface area (Å²) in [6, 6.07) is 20.5. The molecule has 0 bridgehead atoms. The Balaban J connectivity index is 1.86. The van der Waals surface area contributed by atoms with Crippen LogP contribution in [0.15, 0.2) is 71.6 Å². The molecule has 0 spiro atoms. The third kappa shape index (κ3) is 7.68. The van der Waals surface area contributed by atoms with Gasteiger partial charge in [-0.2, -0.15) is 0 Å². The van der Waals surface area contributed by atoms with E-state index in [0.717, 1.165) is 18.4 Å². The van der Waals surface area contributed by atoms with Gasteiger partial charge in [0.2, 0.25) is 0 Å². The zero-order valence-corrected chi connectivity index (χ0v) is 20.6. The van der Waals surface area contributed by atoms with Crippen molar-refractivity contribution in [3.63, 3.8) is 0 Å². The molecular weight excluding hydrogens is 466 g/mol. The molecule has 3 aromatic rings. The Kier molecular flexibility index (Phi) is 9.03. The summed E-state index contributed by atoms with van der Waals surface area (Å²) in [6.07, 6.45) is 2.83. The third-order valence-electron chi connectivity index (χ3n) is 5.11. The summed E-state index contributed by atoms with van der Waals surface area (Å²) in [5, 5.41) is 0. The first-order valence-corrected chi connectivity index (χ1v) is 12.8. The molecule has 0 aliphatic heterocycles. The Morgan fingerprint density at radius 1 is 1.00 bits per heavy atom. The van der Waals surface area contributed by atoms with Gasteiger partial charge in [-0.05, 0) is 60.9 Å². The van der Waals surface area contributed by atoms with Crippen molar-refractivity contribution in [2.24, 2.45) is 0 Å². The highest BCUT2D eigenvalue weighted by Crippen LogP contribution is 2.27. The van der Waals surface area contributed by atoms with E-state index in [1.54, 1.807) is 19.1 Å². The second-order valence-corrected chi connectivity index (χ2v) is 9.70. The minimum Gasteiger partial charge on any atom is -0.457 e. The number of unbranched alkanes of at least 4 members (excludes halogenated alkanes) is 2. The molecule has 3 rings (SSSR count). The summed E-state index contributed by atoms with van der Waals surface area (Å²) in [4.78, 5) is 25.1. The highest BCUT2D eigenvalue weighted by Gasteiger charge is 2.21. The molecule has 0 aromatic heterocycles. The molecule has 0 fully saturated rings. The summed E-state index contributed by atoms with van der Waals surface area (Å²) >= 11 is 0. The van der Waals surface area contributed by atoms with Crippen LogP contribution in [-0.2, 0) is 26.2 Å². The molecule has 1 N–H and O–H groups in total. The fourth-order valence-corrected chi connectivity index (χ4v) is 4.44. The van der Waals surface area contributed by atoms with Crippen LogP contribution in [0.5, 0.6) is 5.75 Å². The topological polar surface area (TPSA) is 98.8 Å². The standard InChI is InChI=1S/C27H28NO6S/c1-3-4-6-14-26(29)34-22-15-16-25(28-35(31,32)23-13-9-10-20(2)17-23)24(18-22)27(30)33-19-21-11-7-5-8-12-21/h5,7-9,11-13,15-18,28H,3-4,6,14,19H2,1-2H3. The van der Waals surface area contributed by atoms with Gasteiger partial charge in [0, 0.05) is 6.42 Å². The molecule has 0 aliphatic rings. The summed E-state index contributed by atoms with van der Waals surface area (Å²) in [7, 11) is -4.00. The van der Waals surface area contributed by atoms with Crippen LogP contribution in [0.1, 0.15) is 54.1 Å². The lowest BCUT2D eigenvalue weighted by Crippen LogP contribution is -2.17. The number of hydrogen-bond donors (Lipinski definition) is 1. The van der Waals surface area contributed by atoms with E-state index in [4.69, 9.17) is 9.47 Å². The number of nitrogens with one attached hydrogen (secondary N) is 1. The van der Waals surface area contributed by atoms with Crippen molar-refractivity contribution in [2.75, 3.05) is 4.72 Å². The minimum absolute atomic E-state index is 0.000606. The number of carbonyl (C=O) groups excluding carboxylic acids is 2. The molecule has 0 saturated heterocycles. The van der Waals surface area contributed by atoms with Gasteiger partial charge in [-0.25, -0.2) is 13.2 Å². The maximum absolute atomic E-state index is 13.0. The molecule has 0 saturated carbocycles. The van der Waals surface area contributed by atoms with Crippen LogP contribution in [0.25, 0.3) is 0 Å². The van der Waals surface area contributed by atoms with Gasteiger partial charge in [-0.15, -0.1) is 0 Å². The first-order valence-electron chi connectivity index (χ1n) is 11.4. The quantitative estimate of drug-likeness (QED) is 0.217. The largest absolute Gasteiger partial charge is 0.457 e. The predicted octanol–water partition coefficient (Wildman–Crippen LogP) is 5.44. The molecule has 0 atom stereocenters. The Bertz CT molecular complexity index is 1270. The smallest absolute Gasteiger partial charge is 0.340 e. The van der Waals surface area contributed by atoms with Crippen molar-refractivity contribution < 1.29 is 27.5 Å². The fourth-order valence-electron chi connectivity index (χ4n) is 3.28. The molecule has 0 amide bonds. The molecule has 0 heterocycles. The van der Waals surface area contributed by atoms with Gasteiger partial charge < -0.3 is 9.47 Å². The zero-order valence-electron chi connectivity index (χ0n) is 19.7. The third-order valence-corrected chi connectivity index (χ3v) is 6.48. The number of ether oxygens (including phenoxy) is 2. The van der Waals surface area contributed by atoms with Gasteiger partial charge in [0.15, 0.2) is 0 Å². The van der Waals surface area contributed by atoms with Gasteiger partial charge in [0.25, 0.3) is 10.0 Å². The highest BCUT2D eigenvalue weighted by molar-refractivity contribution is 7.92. The maximum Gasteiger partial charge on any atom is 0.340 e. The molecule has 183 valence electrons. The Morgan fingerprint density at radius 2 is 1.77 bits per heavy atom. The van der Waals surface area contributed by atoms with Crippen molar-refractivity contribution in [3.05, 3.63) is 89.5 Å². The van der Waals surface area contributed by atoms with Crippen LogP contribution in [0.4, 0.5) is 5.69 Å². The van der Waals surface area contributed by atoms with E-state index in [1.165, 1.54) is 36.4 Å². The molecule has 7 nitrogen and oxygen atoms in total. The Morgan fingerprint density at radius 3 is 2.49 bits per heavy atom. The van der Waals surface area contributed by atoms with E-state index < -0.39 is 22.0 Å². The van der Waals surface area contributed by atoms with Crippen molar-refractivity contribution in [1.82, 2.24) is 0 Å². The van der Waals surface area contributed by atoms with E-state index in [0.29, 0.717) is 12.0 Å². The first-order chi connectivity index (χ1) is 16.8. The summed E-state index contributed by atoms with van der Waals surface area (Å²) in [5.74, 6) is -1.05. The Labute approximate surface area is 206 Å². The SMILES string of the molecule is CCCCCC(=O)Oc1ccc(NS(=O)(=O)c2cc[c]c(C)c2)c(C(=O)OCc2ccccc2)c1. The van der Waals surface area contributed by atoms with Gasteiger partial charge in [-0.3, -0.25) is 9.52 Å². The van der Waals surface area contributed by atoms with E-state index in [1.807, 2.05) is 25.1 Å². The molecule has 3 aromatic carbocycles. The Hall–Kier alpha value is -3.65. The van der Waals surface area contributed by atoms with E-state index in [-0.39, 0.29) is 34.9 Å². The van der Waals surface area contributed by atoms with E-state index in [2.05, 4.69) is 10.8 Å². The monoisotopic (exact) mass is 494 g/mol. The van der Waals surface area contributed by atoms with Crippen LogP contribution in [0, 0.1) is 13.0 Å². The molecule has 8 heteroatoms. The van der Waals surface area contributed by atoms with Crippen LogP contribution in [-0.4, -0.2) is 20.4 Å². The van der Waals surface area contributed by atoms with Crippen LogP contribution >= 0.6 is 0 Å². The van der Waals surface area contributed by atoms with Crippen molar-refractivity contribution in [1.29, 1.82) is 0 Å². The lowest BCUT2D eigenvalue weighted by molar-refractivity contribution is -0.134. The number of sulfonamides is 1. The average molecular weight is 495 g/mol. The normalized spacial score (nSPS) is 11.0. The van der Waals surface area contributed by atoms with Gasteiger partial charge >= 0.3 is 11.9 Å². The number of rotatable bonds is 11. The molecule has 35 heavy (non-hydrogen) atoms. The lowest BCUT2D eigenvalue weighted by Gasteiger charge is -2.14. The van der Waals surface area contributed by atoms with Gasteiger partial charge in [0.1, 0.15) is 12.4 Å². The number of aryl methyl sites for hydroxylation is 1. The minimum atomic E-state index is -4.00. The fraction of sp³-hybridized carbons (Fsp3) is 0.259. The number of esters is 2. The number of hydrogen-bond acceptors (Lipinski definition) is 6.